The fourth-order valence-corrected chi connectivity index (χ4v) is 1.53. The Hall–Kier alpha value is -0.535. The van der Waals surface area contributed by atoms with Gasteiger partial charge in [-0.25, -0.2) is 0 Å². The first-order chi connectivity index (χ1) is 6.08. The van der Waals surface area contributed by atoms with E-state index in [0.29, 0.717) is 6.42 Å². The predicted molar refractivity (Wildman–Crippen MR) is 58.6 cm³/mol. The fourth-order valence-electron chi connectivity index (χ4n) is 1.53. The molecule has 1 atom stereocenters. The second kappa shape index (κ2) is 6.00. The van der Waals surface area contributed by atoms with E-state index in [1.807, 2.05) is 46.0 Å². The van der Waals surface area contributed by atoms with Gasteiger partial charge in [-0.05, 0) is 25.6 Å². The molecule has 0 saturated carbocycles. The molecule has 2 nitrogen and oxygen atoms in total. The normalized spacial score (nSPS) is 19.4. The topological polar surface area (TPSA) is 40.5 Å². The molecule has 0 radical (unpaired) electrons. The fraction of sp³-hybridized carbons (Fsp3) is 0.600. The zero-order valence-corrected chi connectivity index (χ0v) is 8.70. The molecule has 0 fully saturated rings. The maximum atomic E-state index is 9.33. The van der Waals surface area contributed by atoms with Crippen molar-refractivity contribution in [3.8, 4) is 0 Å². The minimum Gasteiger partial charge on any atom is -0.394 e. The smallest absolute Gasteiger partial charge is 0.119 e. The lowest BCUT2D eigenvalue weighted by atomic mass is 9.65. The van der Waals surface area contributed by atoms with Crippen LogP contribution in [0.2, 0.25) is 5.31 Å². The van der Waals surface area contributed by atoms with Gasteiger partial charge in [-0.2, -0.15) is 0 Å². The molecule has 0 aromatic carbocycles. The molecule has 2 N–H and O–H groups in total. The maximum Gasteiger partial charge on any atom is 0.119 e. The first kappa shape index (κ1) is 12.5. The molecule has 0 aliphatic rings. The van der Waals surface area contributed by atoms with Crippen LogP contribution in [-0.4, -0.2) is 30.8 Å². The molecule has 0 aromatic heterocycles. The Morgan fingerprint density at radius 3 is 2.08 bits per heavy atom. The molecule has 0 aliphatic carbocycles. The van der Waals surface area contributed by atoms with Crippen molar-refractivity contribution in [2.45, 2.75) is 31.7 Å². The van der Waals surface area contributed by atoms with Gasteiger partial charge >= 0.3 is 0 Å². The van der Waals surface area contributed by atoms with Crippen LogP contribution in [0, 0.1) is 0 Å². The van der Waals surface area contributed by atoms with Gasteiger partial charge in [-0.15, -0.1) is 0 Å². The lowest BCUT2D eigenvalue weighted by Crippen LogP contribution is -2.20. The van der Waals surface area contributed by atoms with E-state index >= 15 is 0 Å². The molecular weight excluding hydrogens is 163 g/mol. The van der Waals surface area contributed by atoms with Crippen LogP contribution >= 0.6 is 0 Å². The van der Waals surface area contributed by atoms with Crippen molar-refractivity contribution < 1.29 is 10.2 Å². The van der Waals surface area contributed by atoms with E-state index in [1.165, 1.54) is 0 Å². The number of aliphatic hydroxyl groups is 2. The molecule has 0 saturated heterocycles. The summed E-state index contributed by atoms with van der Waals surface area (Å²) in [6.45, 7) is 3.73. The Kier molecular flexibility index (Phi) is 5.75. The van der Waals surface area contributed by atoms with Gasteiger partial charge in [-0.3, -0.25) is 0 Å². The van der Waals surface area contributed by atoms with Crippen LogP contribution < -0.4 is 0 Å². The first-order valence-corrected chi connectivity index (χ1v) is 4.64. The number of rotatable bonds is 5. The van der Waals surface area contributed by atoms with Crippen molar-refractivity contribution in [2.24, 2.45) is 0 Å². The Morgan fingerprint density at radius 1 is 1.31 bits per heavy atom. The quantitative estimate of drug-likeness (QED) is 0.484. The second-order valence-electron chi connectivity index (χ2n) is 3.55. The van der Waals surface area contributed by atoms with Crippen molar-refractivity contribution in [3.63, 3.8) is 0 Å². The lowest BCUT2D eigenvalue weighted by Gasteiger charge is -2.24. The third-order valence-electron chi connectivity index (χ3n) is 1.98. The highest BCUT2D eigenvalue weighted by Gasteiger charge is 2.20. The Bertz CT molecular complexity index is 175. The van der Waals surface area contributed by atoms with E-state index < -0.39 is 6.10 Å². The lowest BCUT2D eigenvalue weighted by molar-refractivity contribution is 0.0848. The molecule has 0 spiro atoms. The summed E-state index contributed by atoms with van der Waals surface area (Å²) in [5.74, 6) is 0. The van der Waals surface area contributed by atoms with Crippen molar-refractivity contribution in [2.75, 3.05) is 6.61 Å². The van der Waals surface area contributed by atoms with Gasteiger partial charge in [0.15, 0.2) is 0 Å². The molecule has 74 valence electrons. The van der Waals surface area contributed by atoms with E-state index in [-0.39, 0.29) is 11.9 Å². The van der Waals surface area contributed by atoms with Crippen LogP contribution in [0.5, 0.6) is 0 Å². The molecule has 1 unspecified atom stereocenters. The standard InChI is InChI=1S/C10H19BO2/c1-3-5-10(11,6-4-2)7-9(13)8-12/h3-6,9,12-13H,7-8,11H2,1-2H3. The van der Waals surface area contributed by atoms with Crippen LogP contribution in [0.4, 0.5) is 0 Å². The second-order valence-corrected chi connectivity index (χ2v) is 3.55. The Morgan fingerprint density at radius 2 is 1.77 bits per heavy atom. The van der Waals surface area contributed by atoms with Crippen LogP contribution in [0.1, 0.15) is 20.3 Å². The summed E-state index contributed by atoms with van der Waals surface area (Å²) in [6.07, 6.45) is 7.90. The monoisotopic (exact) mass is 182 g/mol. The Labute approximate surface area is 81.4 Å². The van der Waals surface area contributed by atoms with Crippen LogP contribution in [0.3, 0.4) is 0 Å². The van der Waals surface area contributed by atoms with Gasteiger partial charge in [0, 0.05) is 0 Å². The van der Waals surface area contributed by atoms with Gasteiger partial charge < -0.3 is 10.2 Å². The molecule has 0 bridgehead atoms. The highest BCUT2D eigenvalue weighted by molar-refractivity contribution is 6.18. The van der Waals surface area contributed by atoms with Crippen molar-refractivity contribution >= 4 is 7.85 Å². The predicted octanol–water partition coefficient (Wildman–Crippen LogP) is 0.674. The highest BCUT2D eigenvalue weighted by atomic mass is 16.3. The molecule has 0 aromatic rings. The molecule has 0 heterocycles. The van der Waals surface area contributed by atoms with E-state index in [4.69, 9.17) is 5.11 Å². The summed E-state index contributed by atoms with van der Waals surface area (Å²) in [7, 11) is 2.03. The van der Waals surface area contributed by atoms with Gasteiger partial charge in [0.2, 0.25) is 0 Å². The largest absolute Gasteiger partial charge is 0.394 e. The molecule has 0 amide bonds. The van der Waals surface area contributed by atoms with Crippen molar-refractivity contribution in [3.05, 3.63) is 24.3 Å². The average molecular weight is 182 g/mol. The van der Waals surface area contributed by atoms with Crippen LogP contribution in [0.25, 0.3) is 0 Å². The summed E-state index contributed by atoms with van der Waals surface area (Å²) in [5, 5.41) is 17.9. The van der Waals surface area contributed by atoms with Crippen LogP contribution in [-0.2, 0) is 0 Å². The summed E-state index contributed by atoms with van der Waals surface area (Å²) < 4.78 is 0. The summed E-state index contributed by atoms with van der Waals surface area (Å²) in [5.41, 5.74) is 0. The molecule has 0 rings (SSSR count). The highest BCUT2D eigenvalue weighted by Crippen LogP contribution is 2.31. The average Bonchev–Trinajstić information content (AvgIpc) is 2.04. The van der Waals surface area contributed by atoms with Crippen LogP contribution in [0.15, 0.2) is 24.3 Å². The SMILES string of the molecule is BC(C=CC)(C=CC)CC(O)CO. The van der Waals surface area contributed by atoms with E-state index in [2.05, 4.69) is 0 Å². The van der Waals surface area contributed by atoms with Crippen molar-refractivity contribution in [1.82, 2.24) is 0 Å². The number of hydrogen-bond acceptors (Lipinski definition) is 2. The van der Waals surface area contributed by atoms with E-state index in [9.17, 15) is 5.11 Å². The minimum absolute atomic E-state index is 0.147. The summed E-state index contributed by atoms with van der Waals surface area (Å²) >= 11 is 0. The van der Waals surface area contributed by atoms with Gasteiger partial charge in [-0.1, -0.05) is 24.3 Å². The van der Waals surface area contributed by atoms with Crippen molar-refractivity contribution in [1.29, 1.82) is 0 Å². The Balaban J connectivity index is 4.40. The third-order valence-corrected chi connectivity index (χ3v) is 1.98. The number of allylic oxidation sites excluding steroid dienone is 4. The number of aliphatic hydroxyl groups excluding tert-OH is 2. The van der Waals surface area contributed by atoms with E-state index in [0.717, 1.165) is 0 Å². The zero-order chi connectivity index (χ0) is 10.3. The summed E-state index contributed by atoms with van der Waals surface area (Å²) in [4.78, 5) is 0. The van der Waals surface area contributed by atoms with Gasteiger partial charge in [0.1, 0.15) is 7.85 Å². The maximum absolute atomic E-state index is 9.33. The zero-order valence-electron chi connectivity index (χ0n) is 8.70. The minimum atomic E-state index is -0.641. The number of hydrogen-bond donors (Lipinski definition) is 2. The molecule has 0 aliphatic heterocycles. The first-order valence-electron chi connectivity index (χ1n) is 4.64. The van der Waals surface area contributed by atoms with Gasteiger partial charge in [0.25, 0.3) is 0 Å². The van der Waals surface area contributed by atoms with Gasteiger partial charge in [0.05, 0.1) is 12.7 Å². The molecule has 13 heavy (non-hydrogen) atoms. The third kappa shape index (κ3) is 4.91. The summed E-state index contributed by atoms with van der Waals surface area (Å²) in [6, 6.07) is 0. The molecule has 3 heteroatoms. The van der Waals surface area contributed by atoms with E-state index in [1.54, 1.807) is 0 Å². The molecular formula is C10H19BO2.